The zero-order valence-corrected chi connectivity index (χ0v) is 21.8. The molecule has 0 bridgehead atoms. The predicted molar refractivity (Wildman–Crippen MR) is 146 cm³/mol. The summed E-state index contributed by atoms with van der Waals surface area (Å²) in [5.41, 5.74) is 0.934. The minimum absolute atomic E-state index is 0.196. The van der Waals surface area contributed by atoms with E-state index in [0.717, 1.165) is 95.2 Å². The molecular weight excluding hydrogens is 471 g/mol. The number of aromatic nitrogens is 2. The van der Waals surface area contributed by atoms with Crippen LogP contribution in [-0.4, -0.2) is 77.8 Å². The van der Waals surface area contributed by atoms with Crippen LogP contribution in [0.3, 0.4) is 0 Å². The molecule has 2 saturated heterocycles. The van der Waals surface area contributed by atoms with Gasteiger partial charge in [0.05, 0.1) is 0 Å². The van der Waals surface area contributed by atoms with Gasteiger partial charge < -0.3 is 20.2 Å². The third-order valence-corrected chi connectivity index (χ3v) is 7.41. The summed E-state index contributed by atoms with van der Waals surface area (Å²) in [6.45, 7) is 6.89. The van der Waals surface area contributed by atoms with Crippen molar-refractivity contribution in [2.24, 2.45) is 0 Å². The van der Waals surface area contributed by atoms with E-state index in [4.69, 9.17) is 5.11 Å². The number of piperidine rings is 1. The van der Waals surface area contributed by atoms with Crippen LogP contribution in [-0.2, 0) is 4.79 Å². The van der Waals surface area contributed by atoms with Crippen LogP contribution in [0.1, 0.15) is 57.8 Å². The number of carbonyl (C=O) groups is 1. The maximum Gasteiger partial charge on any atom is 0.303 e. The quantitative estimate of drug-likeness (QED) is 0.376. The molecule has 8 nitrogen and oxygen atoms in total. The van der Waals surface area contributed by atoms with E-state index in [-0.39, 0.29) is 11.9 Å². The topological polar surface area (TPSA) is 84.8 Å². The molecule has 2 aromatic rings. The number of nitrogens with one attached hydrogen (secondary N) is 1. The lowest BCUT2D eigenvalue weighted by Crippen LogP contribution is -2.47. The molecular formula is C28H41FN6O2. The van der Waals surface area contributed by atoms with E-state index in [1.165, 1.54) is 25.3 Å². The minimum atomic E-state index is -0.688. The van der Waals surface area contributed by atoms with E-state index in [1.807, 2.05) is 6.07 Å². The molecule has 2 aliphatic rings. The summed E-state index contributed by atoms with van der Waals surface area (Å²) in [5.74, 6) is 0.933. The molecule has 0 aliphatic carbocycles. The Morgan fingerprint density at radius 2 is 1.76 bits per heavy atom. The SMILES string of the molecule is O=C(O)CCCCCCCCN1CCN(c2cc(N[C@@H]3CCCN(c4cccc(F)c4)C3)ncn2)CC1. The fourth-order valence-corrected chi connectivity index (χ4v) is 5.33. The smallest absolute Gasteiger partial charge is 0.303 e. The molecule has 9 heteroatoms. The molecule has 0 radical (unpaired) electrons. The Kier molecular flexibility index (Phi) is 10.3. The largest absolute Gasteiger partial charge is 0.481 e. The first-order chi connectivity index (χ1) is 18.1. The summed E-state index contributed by atoms with van der Waals surface area (Å²) in [4.78, 5) is 26.7. The van der Waals surface area contributed by atoms with E-state index < -0.39 is 5.97 Å². The first-order valence-corrected chi connectivity index (χ1v) is 13.8. The minimum Gasteiger partial charge on any atom is -0.481 e. The van der Waals surface area contributed by atoms with Gasteiger partial charge in [0.1, 0.15) is 23.8 Å². The summed E-state index contributed by atoms with van der Waals surface area (Å²) < 4.78 is 13.7. The lowest BCUT2D eigenvalue weighted by atomic mass is 10.0. The van der Waals surface area contributed by atoms with Crippen molar-refractivity contribution in [3.05, 3.63) is 42.5 Å². The number of benzene rings is 1. The third-order valence-electron chi connectivity index (χ3n) is 7.41. The normalized spacial score (nSPS) is 18.7. The van der Waals surface area contributed by atoms with Crippen LogP contribution in [0.4, 0.5) is 21.7 Å². The first kappa shape index (κ1) is 27.1. The van der Waals surface area contributed by atoms with Crippen molar-refractivity contribution >= 4 is 23.3 Å². The summed E-state index contributed by atoms with van der Waals surface area (Å²) in [6, 6.07) is 9.15. The molecule has 1 aromatic carbocycles. The second-order valence-electron chi connectivity index (χ2n) is 10.3. The van der Waals surface area contributed by atoms with Gasteiger partial charge in [-0.25, -0.2) is 14.4 Å². The van der Waals surface area contributed by atoms with Gasteiger partial charge in [0, 0.05) is 63.5 Å². The highest BCUT2D eigenvalue weighted by Gasteiger charge is 2.22. The summed E-state index contributed by atoms with van der Waals surface area (Å²) in [5, 5.41) is 12.3. The second kappa shape index (κ2) is 14.1. The van der Waals surface area contributed by atoms with Gasteiger partial charge in [0.15, 0.2) is 0 Å². The Bertz CT molecular complexity index is 985. The summed E-state index contributed by atoms with van der Waals surface area (Å²) in [6.07, 6.45) is 10.6. The lowest BCUT2D eigenvalue weighted by Gasteiger charge is -2.36. The number of rotatable bonds is 13. The Hall–Kier alpha value is -2.94. The van der Waals surface area contributed by atoms with Gasteiger partial charge in [-0.1, -0.05) is 31.7 Å². The molecule has 0 unspecified atom stereocenters. The molecule has 0 spiro atoms. The molecule has 4 rings (SSSR count). The van der Waals surface area contributed by atoms with Gasteiger partial charge in [0.25, 0.3) is 0 Å². The van der Waals surface area contributed by atoms with Crippen LogP contribution >= 0.6 is 0 Å². The van der Waals surface area contributed by atoms with Gasteiger partial charge in [-0.05, 0) is 50.4 Å². The van der Waals surface area contributed by atoms with Crippen molar-refractivity contribution in [1.29, 1.82) is 0 Å². The molecule has 37 heavy (non-hydrogen) atoms. The van der Waals surface area contributed by atoms with Gasteiger partial charge in [-0.3, -0.25) is 9.69 Å². The number of piperazine rings is 1. The number of aliphatic carboxylic acids is 1. The Morgan fingerprint density at radius 3 is 2.54 bits per heavy atom. The monoisotopic (exact) mass is 512 g/mol. The van der Waals surface area contributed by atoms with E-state index in [1.54, 1.807) is 18.5 Å². The predicted octanol–water partition coefficient (Wildman–Crippen LogP) is 4.63. The van der Waals surface area contributed by atoms with E-state index in [9.17, 15) is 9.18 Å². The number of halogens is 1. The molecule has 0 saturated carbocycles. The van der Waals surface area contributed by atoms with Gasteiger partial charge in [-0.2, -0.15) is 0 Å². The molecule has 1 atom stereocenters. The maximum atomic E-state index is 13.7. The van der Waals surface area contributed by atoms with Crippen LogP contribution in [0.25, 0.3) is 0 Å². The van der Waals surface area contributed by atoms with Crippen molar-refractivity contribution in [2.45, 2.75) is 63.8 Å². The average Bonchev–Trinajstić information content (AvgIpc) is 2.91. The molecule has 202 valence electrons. The molecule has 2 aliphatic heterocycles. The highest BCUT2D eigenvalue weighted by molar-refractivity contribution is 5.66. The Morgan fingerprint density at radius 1 is 0.973 bits per heavy atom. The Balaban J connectivity index is 1.17. The first-order valence-electron chi connectivity index (χ1n) is 13.8. The zero-order chi connectivity index (χ0) is 25.9. The fourth-order valence-electron chi connectivity index (χ4n) is 5.33. The van der Waals surface area contributed by atoms with Crippen LogP contribution in [0.2, 0.25) is 0 Å². The van der Waals surface area contributed by atoms with E-state index in [0.29, 0.717) is 6.42 Å². The number of anilines is 3. The maximum absolute atomic E-state index is 13.7. The number of unbranched alkanes of at least 4 members (excludes halogenated alkanes) is 5. The molecule has 2 N–H and O–H groups in total. The zero-order valence-electron chi connectivity index (χ0n) is 21.8. The van der Waals surface area contributed by atoms with E-state index >= 15 is 0 Å². The van der Waals surface area contributed by atoms with Crippen LogP contribution in [0.5, 0.6) is 0 Å². The van der Waals surface area contributed by atoms with E-state index in [2.05, 4.69) is 36.1 Å². The Labute approximate surface area is 219 Å². The highest BCUT2D eigenvalue weighted by Crippen LogP contribution is 2.23. The number of hydrogen-bond donors (Lipinski definition) is 2. The van der Waals surface area contributed by atoms with Crippen molar-refractivity contribution in [3.8, 4) is 0 Å². The third kappa shape index (κ3) is 8.84. The van der Waals surface area contributed by atoms with Crippen LogP contribution < -0.4 is 15.1 Å². The summed E-state index contributed by atoms with van der Waals surface area (Å²) in [7, 11) is 0. The standard InChI is InChI=1S/C28H41FN6O2/c29-23-9-7-11-25(19-23)35-14-8-10-24(21-35)32-26-20-27(31-22-30-26)34-17-15-33(16-18-34)13-6-4-2-1-3-5-12-28(36)37/h7,9,11,19-20,22,24H,1-6,8,10,12-18,21H2,(H,36,37)(H,30,31,32)/t24-/m1/s1. The summed E-state index contributed by atoms with van der Waals surface area (Å²) >= 11 is 0. The molecule has 1 aromatic heterocycles. The second-order valence-corrected chi connectivity index (χ2v) is 10.3. The van der Waals surface area contributed by atoms with Gasteiger partial charge in [0.2, 0.25) is 0 Å². The molecule has 0 amide bonds. The van der Waals surface area contributed by atoms with Crippen molar-refractivity contribution in [1.82, 2.24) is 14.9 Å². The lowest BCUT2D eigenvalue weighted by molar-refractivity contribution is -0.137. The van der Waals surface area contributed by atoms with Crippen molar-refractivity contribution < 1.29 is 14.3 Å². The number of nitrogens with zero attached hydrogens (tertiary/aromatic N) is 5. The highest BCUT2D eigenvalue weighted by atomic mass is 19.1. The molecule has 2 fully saturated rings. The van der Waals surface area contributed by atoms with Gasteiger partial charge >= 0.3 is 5.97 Å². The van der Waals surface area contributed by atoms with Crippen molar-refractivity contribution in [3.63, 3.8) is 0 Å². The number of carboxylic acids is 1. The van der Waals surface area contributed by atoms with Gasteiger partial charge in [-0.15, -0.1) is 0 Å². The fraction of sp³-hybridized carbons (Fsp3) is 0.607. The van der Waals surface area contributed by atoms with Crippen molar-refractivity contribution in [2.75, 3.05) is 60.9 Å². The number of carboxylic acid groups (broad SMARTS) is 1. The average molecular weight is 513 g/mol. The van der Waals surface area contributed by atoms with Crippen LogP contribution in [0, 0.1) is 5.82 Å². The number of hydrogen-bond acceptors (Lipinski definition) is 7. The van der Waals surface area contributed by atoms with Crippen LogP contribution in [0.15, 0.2) is 36.7 Å². The molecule has 3 heterocycles.